The van der Waals surface area contributed by atoms with E-state index in [1.165, 1.54) is 29.9 Å². The molecule has 3 saturated heterocycles. The SMILES string of the molecule is C[C@@]12CC(n3cnc4c(=O)[nH]cnc43)OC1COP(=O)(OCCC#N)O[C@H]1CC(n3cnc4c(NC(=O)c5ccccc5)ncnc43)OC1COP2(=O)OCCC#N. The first kappa shape index (κ1) is 39.6. The smallest absolute Gasteiger partial charge is 0.351 e. The zero-order valence-corrected chi connectivity index (χ0v) is 32.4. The molecular weight excluding hydrogens is 800 g/mol. The molecule has 302 valence electrons. The van der Waals surface area contributed by atoms with E-state index in [-0.39, 0.29) is 67.0 Å². The predicted octanol–water partition coefficient (Wildman–Crippen LogP) is 4.14. The summed E-state index contributed by atoms with van der Waals surface area (Å²) in [5.74, 6) is -0.260. The van der Waals surface area contributed by atoms with Crippen LogP contribution in [0.3, 0.4) is 0 Å². The van der Waals surface area contributed by atoms with E-state index >= 15 is 4.57 Å². The van der Waals surface area contributed by atoms with Crippen LogP contribution < -0.4 is 10.9 Å². The molecule has 1 aromatic carbocycles. The van der Waals surface area contributed by atoms with E-state index in [9.17, 15) is 24.7 Å². The van der Waals surface area contributed by atoms with Crippen molar-refractivity contribution in [3.05, 3.63) is 71.6 Å². The van der Waals surface area contributed by atoms with Gasteiger partial charge in [-0.1, -0.05) is 18.2 Å². The van der Waals surface area contributed by atoms with Gasteiger partial charge in [0.1, 0.15) is 42.3 Å². The highest BCUT2D eigenvalue weighted by molar-refractivity contribution is 7.55. The van der Waals surface area contributed by atoms with Crippen LogP contribution in [0.5, 0.6) is 0 Å². The van der Waals surface area contributed by atoms with Crippen molar-refractivity contribution in [3.8, 4) is 12.1 Å². The molecular formula is C34H35N11O11P2. The van der Waals surface area contributed by atoms with Crippen molar-refractivity contribution in [2.45, 2.75) is 68.5 Å². The average molecular weight is 836 g/mol. The maximum absolute atomic E-state index is 15.2. The number of phosphoric acid groups is 1. The quantitative estimate of drug-likeness (QED) is 0.148. The van der Waals surface area contributed by atoms with Crippen LogP contribution >= 0.6 is 15.4 Å². The van der Waals surface area contributed by atoms with Crippen LogP contribution in [0.25, 0.3) is 22.3 Å². The summed E-state index contributed by atoms with van der Waals surface area (Å²) in [4.78, 5) is 49.3. The van der Waals surface area contributed by atoms with Crippen LogP contribution in [0, 0.1) is 22.7 Å². The Morgan fingerprint density at radius 2 is 1.66 bits per heavy atom. The largest absolute Gasteiger partial charge is 0.475 e. The van der Waals surface area contributed by atoms with Crippen molar-refractivity contribution in [1.29, 1.82) is 10.5 Å². The van der Waals surface area contributed by atoms with E-state index in [2.05, 4.69) is 35.2 Å². The van der Waals surface area contributed by atoms with Crippen LogP contribution in [0.1, 0.15) is 55.4 Å². The number of aromatic amines is 1. The molecule has 24 heteroatoms. The van der Waals surface area contributed by atoms with Gasteiger partial charge in [0, 0.05) is 18.4 Å². The summed E-state index contributed by atoms with van der Waals surface area (Å²) in [7, 11) is -8.90. The molecule has 4 aromatic heterocycles. The van der Waals surface area contributed by atoms with Gasteiger partial charge in [-0.25, -0.2) is 29.5 Å². The highest BCUT2D eigenvalue weighted by Crippen LogP contribution is 2.68. The Kier molecular flexibility index (Phi) is 11.0. The second-order valence-electron chi connectivity index (χ2n) is 13.6. The van der Waals surface area contributed by atoms with Crippen molar-refractivity contribution in [1.82, 2.24) is 39.0 Å². The highest BCUT2D eigenvalue weighted by atomic mass is 31.2. The molecule has 0 bridgehead atoms. The molecule has 58 heavy (non-hydrogen) atoms. The Labute approximate surface area is 328 Å². The molecule has 0 aliphatic carbocycles. The number of amides is 1. The Hall–Kier alpha value is -5.25. The van der Waals surface area contributed by atoms with Gasteiger partial charge < -0.3 is 28.8 Å². The number of anilines is 1. The summed E-state index contributed by atoms with van der Waals surface area (Å²) in [6.07, 6.45) is -0.232. The number of benzene rings is 1. The third-order valence-corrected chi connectivity index (χ3v) is 14.2. The molecule has 7 heterocycles. The number of hydrogen-bond acceptors (Lipinski definition) is 18. The van der Waals surface area contributed by atoms with Crippen molar-refractivity contribution in [3.63, 3.8) is 0 Å². The third kappa shape index (κ3) is 7.46. The lowest BCUT2D eigenvalue weighted by molar-refractivity contribution is -0.0446. The highest BCUT2D eigenvalue weighted by Gasteiger charge is 2.61. The average Bonchev–Trinajstić information content (AvgIpc) is 4.02. The predicted molar refractivity (Wildman–Crippen MR) is 198 cm³/mol. The Morgan fingerprint density at radius 1 is 0.931 bits per heavy atom. The molecule has 8 rings (SSSR count). The number of aromatic nitrogens is 8. The van der Waals surface area contributed by atoms with Gasteiger partial charge in [-0.05, 0) is 19.1 Å². The molecule has 6 unspecified atom stereocenters. The standard InChI is InChI=1S/C34H35N11O11P2/c1-34-14-26(45-20-42-28-31(45)39-18-40-33(28)47)55-24(34)16-53-58(49,51-12-6-10-36)56-22-13-25(54-23(22)15-52-57(34,48)50-11-5-9-35)44-19-41-27-29(37-17-38-30(27)44)43-32(46)21-7-3-2-4-8-21/h2-4,7-8,17-20,22-26H,5-6,11-16H2,1H3,(H,39,40,47)(H,37,38,43,46)/t22-,23?,24?,25?,26?,34+,57?,58?/m0/s1. The number of ether oxygens (including phenoxy) is 2. The van der Waals surface area contributed by atoms with Crippen LogP contribution in [-0.2, 0) is 41.2 Å². The lowest BCUT2D eigenvalue weighted by Gasteiger charge is -2.36. The van der Waals surface area contributed by atoms with E-state index in [0.717, 1.165) is 0 Å². The number of phosphoric ester groups is 1. The number of nitrogens with one attached hydrogen (secondary N) is 2. The first-order valence-electron chi connectivity index (χ1n) is 18.0. The number of hydrogen-bond donors (Lipinski definition) is 2. The van der Waals surface area contributed by atoms with Crippen molar-refractivity contribution >= 4 is 49.5 Å². The van der Waals surface area contributed by atoms with Gasteiger partial charge in [-0.15, -0.1) is 0 Å². The molecule has 3 aliphatic rings. The van der Waals surface area contributed by atoms with E-state index in [1.54, 1.807) is 41.8 Å². The van der Waals surface area contributed by atoms with Crippen LogP contribution in [0.4, 0.5) is 5.82 Å². The molecule has 3 aliphatic heterocycles. The van der Waals surface area contributed by atoms with E-state index in [0.29, 0.717) is 5.56 Å². The van der Waals surface area contributed by atoms with Gasteiger partial charge >= 0.3 is 15.4 Å². The van der Waals surface area contributed by atoms with E-state index in [1.807, 2.05) is 12.1 Å². The number of fused-ring (bicyclic) bond motifs is 4. The summed E-state index contributed by atoms with van der Waals surface area (Å²) in [6.45, 7) is 0.0694. The minimum atomic E-state index is -4.54. The number of nitriles is 2. The maximum Gasteiger partial charge on any atom is 0.475 e. The molecule has 8 atom stereocenters. The number of nitrogens with zero attached hydrogens (tertiary/aromatic N) is 9. The Bertz CT molecular complexity index is 2570. The fourth-order valence-corrected chi connectivity index (χ4v) is 10.6. The summed E-state index contributed by atoms with van der Waals surface area (Å²) in [5, 5.41) is 19.8. The summed E-state index contributed by atoms with van der Waals surface area (Å²) in [5.41, 5.74) is 0.693. The third-order valence-electron chi connectivity index (χ3n) is 10.0. The minimum absolute atomic E-state index is 0.00283. The van der Waals surface area contributed by atoms with Crippen molar-refractivity contribution < 1.29 is 46.0 Å². The minimum Gasteiger partial charge on any atom is -0.351 e. The van der Waals surface area contributed by atoms with Crippen molar-refractivity contribution in [2.24, 2.45) is 0 Å². The van der Waals surface area contributed by atoms with Gasteiger partial charge in [0.15, 0.2) is 28.1 Å². The van der Waals surface area contributed by atoms with Gasteiger partial charge in [-0.2, -0.15) is 10.5 Å². The maximum atomic E-state index is 15.2. The van der Waals surface area contributed by atoms with E-state index < -0.39 is 76.0 Å². The number of carbonyl (C=O) groups is 1. The number of carbonyl (C=O) groups excluding carboxylic acids is 1. The van der Waals surface area contributed by atoms with E-state index in [4.69, 9.17) is 32.1 Å². The van der Waals surface area contributed by atoms with Gasteiger partial charge in [0.2, 0.25) is 0 Å². The molecule has 0 spiro atoms. The summed E-state index contributed by atoms with van der Waals surface area (Å²) in [6, 6.07) is 12.5. The number of rotatable bonds is 10. The number of H-pyrrole nitrogens is 1. The van der Waals surface area contributed by atoms with Gasteiger partial charge in [-0.3, -0.25) is 36.9 Å². The Morgan fingerprint density at radius 3 is 2.43 bits per heavy atom. The Balaban J connectivity index is 1.12. The monoisotopic (exact) mass is 835 g/mol. The topological polar surface area (TPSA) is 283 Å². The lowest BCUT2D eigenvalue weighted by atomic mass is 10.0. The molecule has 22 nitrogen and oxygen atoms in total. The normalized spacial score (nSPS) is 29.9. The first-order valence-corrected chi connectivity index (χ1v) is 21.0. The molecule has 5 aromatic rings. The zero-order chi connectivity index (χ0) is 40.5. The van der Waals surface area contributed by atoms with Crippen molar-refractivity contribution in [2.75, 3.05) is 31.7 Å². The molecule has 2 N–H and O–H groups in total. The molecule has 0 radical (unpaired) electrons. The molecule has 3 fully saturated rings. The van der Waals surface area contributed by atoms with Crippen LogP contribution in [0.15, 0.2) is 60.4 Å². The second-order valence-corrected chi connectivity index (χ2v) is 17.7. The fraction of sp³-hybridized carbons (Fsp3) is 0.441. The summed E-state index contributed by atoms with van der Waals surface area (Å²) < 4.78 is 75.4. The fourth-order valence-electron chi connectivity index (χ4n) is 7.01. The number of imidazole rings is 2. The second kappa shape index (κ2) is 16.2. The van der Waals surface area contributed by atoms with Gasteiger partial charge in [0.05, 0.1) is 70.4 Å². The van der Waals surface area contributed by atoms with Crippen LogP contribution in [-0.4, -0.2) is 94.8 Å². The van der Waals surface area contributed by atoms with Gasteiger partial charge in [0.25, 0.3) is 11.5 Å². The zero-order valence-electron chi connectivity index (χ0n) is 30.6. The summed E-state index contributed by atoms with van der Waals surface area (Å²) >= 11 is 0. The molecule has 1 amide bonds. The first-order chi connectivity index (χ1) is 28.0. The van der Waals surface area contributed by atoms with Crippen LogP contribution in [0.2, 0.25) is 0 Å². The molecule has 0 saturated carbocycles. The lowest BCUT2D eigenvalue weighted by Crippen LogP contribution is -2.40.